The van der Waals surface area contributed by atoms with Crippen LogP contribution < -0.4 is 10.2 Å². The number of rotatable bonds is 5. The van der Waals surface area contributed by atoms with E-state index in [1.165, 1.54) is 12.8 Å². The molecule has 1 aromatic heterocycles. The van der Waals surface area contributed by atoms with Gasteiger partial charge in [-0.1, -0.05) is 6.07 Å². The number of esters is 1. The molecule has 0 spiro atoms. The lowest BCUT2D eigenvalue weighted by Gasteiger charge is -2.34. The Kier molecular flexibility index (Phi) is 9.27. The normalized spacial score (nSPS) is 19.9. The van der Waals surface area contributed by atoms with Crippen LogP contribution in [0.5, 0.6) is 0 Å². The van der Waals surface area contributed by atoms with Crippen LogP contribution in [0.15, 0.2) is 23.3 Å². The summed E-state index contributed by atoms with van der Waals surface area (Å²) in [6.07, 6.45) is 6.30. The molecule has 156 valence electrons. The summed E-state index contributed by atoms with van der Waals surface area (Å²) >= 11 is 0. The van der Waals surface area contributed by atoms with Gasteiger partial charge >= 0.3 is 5.97 Å². The standard InChI is InChI=1S/C20H31N5O2.HI/c1-3-27-19(26)17-7-6-12-25(15-17)20(21-2)23-14-16-8-9-18(22-13-16)24-10-4-5-11-24;/h8-9,13,17H,3-7,10-12,14-15H2,1-2H3,(H,21,23);1H. The minimum atomic E-state index is -0.0978. The minimum absolute atomic E-state index is 0. The Balaban J connectivity index is 0.00000280. The molecule has 0 amide bonds. The SMILES string of the molecule is CCOC(=O)C1CCCN(C(=NC)NCc2ccc(N3CCCC3)nc2)C1.I. The third-order valence-electron chi connectivity index (χ3n) is 5.24. The third-order valence-corrected chi connectivity index (χ3v) is 5.24. The topological polar surface area (TPSA) is 70.1 Å². The zero-order valence-corrected chi connectivity index (χ0v) is 19.2. The number of likely N-dealkylation sites (tertiary alicyclic amines) is 1. The van der Waals surface area contributed by atoms with E-state index < -0.39 is 0 Å². The molecule has 0 aromatic carbocycles. The van der Waals surface area contributed by atoms with E-state index in [4.69, 9.17) is 4.74 Å². The molecule has 1 aromatic rings. The van der Waals surface area contributed by atoms with Crippen molar-refractivity contribution >= 4 is 41.7 Å². The lowest BCUT2D eigenvalue weighted by atomic mass is 9.98. The molecule has 8 heteroatoms. The molecule has 0 aliphatic carbocycles. The van der Waals surface area contributed by atoms with Gasteiger partial charge < -0.3 is 19.9 Å². The number of aliphatic imine (C=N–C) groups is 1. The Hall–Kier alpha value is -1.58. The molecule has 2 fully saturated rings. The predicted molar refractivity (Wildman–Crippen MR) is 122 cm³/mol. The largest absolute Gasteiger partial charge is 0.466 e. The Bertz CT molecular complexity index is 647. The molecule has 2 aliphatic heterocycles. The number of hydrogen-bond donors (Lipinski definition) is 1. The number of carbonyl (C=O) groups excluding carboxylic acids is 1. The summed E-state index contributed by atoms with van der Waals surface area (Å²) in [6, 6.07) is 4.22. The van der Waals surface area contributed by atoms with Crippen molar-refractivity contribution in [2.45, 2.75) is 39.2 Å². The second-order valence-corrected chi connectivity index (χ2v) is 7.16. The first-order valence-electron chi connectivity index (χ1n) is 10.0. The summed E-state index contributed by atoms with van der Waals surface area (Å²) in [5.41, 5.74) is 1.12. The fourth-order valence-corrected chi connectivity index (χ4v) is 3.79. The molecule has 0 saturated carbocycles. The molecule has 0 bridgehead atoms. The Morgan fingerprint density at radius 3 is 2.71 bits per heavy atom. The maximum Gasteiger partial charge on any atom is 0.310 e. The maximum atomic E-state index is 12.1. The molecule has 3 rings (SSSR count). The van der Waals surface area contributed by atoms with E-state index in [0.29, 0.717) is 19.7 Å². The number of halogens is 1. The number of anilines is 1. The van der Waals surface area contributed by atoms with Gasteiger partial charge in [-0.15, -0.1) is 24.0 Å². The van der Waals surface area contributed by atoms with Gasteiger partial charge in [-0.05, 0) is 44.2 Å². The van der Waals surface area contributed by atoms with Gasteiger partial charge in [0.25, 0.3) is 0 Å². The fraction of sp³-hybridized carbons (Fsp3) is 0.650. The summed E-state index contributed by atoms with van der Waals surface area (Å²) < 4.78 is 5.19. The predicted octanol–water partition coefficient (Wildman–Crippen LogP) is 2.65. The van der Waals surface area contributed by atoms with Crippen LogP contribution in [0.3, 0.4) is 0 Å². The van der Waals surface area contributed by atoms with E-state index >= 15 is 0 Å². The summed E-state index contributed by atoms with van der Waals surface area (Å²) in [5, 5.41) is 3.41. The first-order chi connectivity index (χ1) is 13.2. The van der Waals surface area contributed by atoms with Crippen LogP contribution in [0, 0.1) is 5.92 Å². The van der Waals surface area contributed by atoms with E-state index in [0.717, 1.165) is 49.8 Å². The van der Waals surface area contributed by atoms with Crippen molar-refractivity contribution in [1.82, 2.24) is 15.2 Å². The number of hydrogen-bond acceptors (Lipinski definition) is 5. The van der Waals surface area contributed by atoms with E-state index in [-0.39, 0.29) is 35.9 Å². The Morgan fingerprint density at radius 1 is 1.29 bits per heavy atom. The number of piperidine rings is 1. The van der Waals surface area contributed by atoms with Crippen molar-refractivity contribution in [3.63, 3.8) is 0 Å². The van der Waals surface area contributed by atoms with Crippen molar-refractivity contribution in [2.24, 2.45) is 10.9 Å². The van der Waals surface area contributed by atoms with E-state index in [2.05, 4.69) is 37.2 Å². The van der Waals surface area contributed by atoms with Gasteiger partial charge in [0.15, 0.2) is 5.96 Å². The molecule has 28 heavy (non-hydrogen) atoms. The van der Waals surface area contributed by atoms with Crippen LogP contribution in [0.1, 0.15) is 38.2 Å². The summed E-state index contributed by atoms with van der Waals surface area (Å²) in [6.45, 7) is 6.72. The second-order valence-electron chi connectivity index (χ2n) is 7.16. The van der Waals surface area contributed by atoms with Gasteiger partial charge in [0.2, 0.25) is 0 Å². The lowest BCUT2D eigenvalue weighted by molar-refractivity contribution is -0.149. The van der Waals surface area contributed by atoms with Gasteiger partial charge in [-0.25, -0.2) is 4.98 Å². The Morgan fingerprint density at radius 2 is 2.07 bits per heavy atom. The van der Waals surface area contributed by atoms with Crippen LogP contribution >= 0.6 is 24.0 Å². The van der Waals surface area contributed by atoms with Crippen molar-refractivity contribution in [3.05, 3.63) is 23.9 Å². The van der Waals surface area contributed by atoms with Gasteiger partial charge in [-0.3, -0.25) is 9.79 Å². The maximum absolute atomic E-state index is 12.1. The van der Waals surface area contributed by atoms with Crippen molar-refractivity contribution in [1.29, 1.82) is 0 Å². The molecule has 2 aliphatic rings. The van der Waals surface area contributed by atoms with Gasteiger partial charge in [0.1, 0.15) is 5.82 Å². The molecule has 0 radical (unpaired) electrons. The molecule has 1 unspecified atom stereocenters. The zero-order chi connectivity index (χ0) is 19.1. The average molecular weight is 501 g/mol. The van der Waals surface area contributed by atoms with Crippen LogP contribution in [-0.4, -0.2) is 61.6 Å². The second kappa shape index (κ2) is 11.4. The zero-order valence-electron chi connectivity index (χ0n) is 16.9. The molecular formula is C20H32IN5O2. The smallest absolute Gasteiger partial charge is 0.310 e. The highest BCUT2D eigenvalue weighted by Gasteiger charge is 2.28. The first kappa shape index (κ1) is 22.7. The molecule has 1 N–H and O–H groups in total. The number of nitrogens with zero attached hydrogens (tertiary/aromatic N) is 4. The van der Waals surface area contributed by atoms with Crippen molar-refractivity contribution in [2.75, 3.05) is 44.7 Å². The number of guanidine groups is 1. The molecule has 1 atom stereocenters. The quantitative estimate of drug-likeness (QED) is 0.290. The monoisotopic (exact) mass is 501 g/mol. The number of pyridine rings is 1. The number of nitrogens with one attached hydrogen (secondary N) is 1. The highest BCUT2D eigenvalue weighted by Crippen LogP contribution is 2.19. The minimum Gasteiger partial charge on any atom is -0.466 e. The van der Waals surface area contributed by atoms with Gasteiger partial charge in [0.05, 0.1) is 12.5 Å². The van der Waals surface area contributed by atoms with E-state index in [1.807, 2.05) is 13.1 Å². The number of carbonyl (C=O) groups is 1. The van der Waals surface area contributed by atoms with Crippen LogP contribution in [0.2, 0.25) is 0 Å². The molecular weight excluding hydrogens is 469 g/mol. The van der Waals surface area contributed by atoms with Crippen LogP contribution in [-0.2, 0) is 16.1 Å². The highest BCUT2D eigenvalue weighted by molar-refractivity contribution is 14.0. The van der Waals surface area contributed by atoms with Crippen molar-refractivity contribution in [3.8, 4) is 0 Å². The van der Waals surface area contributed by atoms with Crippen LogP contribution in [0.25, 0.3) is 0 Å². The Labute approximate surface area is 184 Å². The number of ether oxygens (including phenoxy) is 1. The van der Waals surface area contributed by atoms with E-state index in [1.54, 1.807) is 7.05 Å². The fourth-order valence-electron chi connectivity index (χ4n) is 3.79. The van der Waals surface area contributed by atoms with Crippen LogP contribution in [0.4, 0.5) is 5.82 Å². The van der Waals surface area contributed by atoms with Gasteiger partial charge in [-0.2, -0.15) is 0 Å². The summed E-state index contributed by atoms with van der Waals surface area (Å²) in [5.74, 6) is 1.72. The van der Waals surface area contributed by atoms with Crippen molar-refractivity contribution < 1.29 is 9.53 Å². The first-order valence-corrected chi connectivity index (χ1v) is 10.0. The molecule has 7 nitrogen and oxygen atoms in total. The molecule has 2 saturated heterocycles. The number of aromatic nitrogens is 1. The van der Waals surface area contributed by atoms with E-state index in [9.17, 15) is 4.79 Å². The third kappa shape index (κ3) is 5.96. The molecule has 3 heterocycles. The lowest BCUT2D eigenvalue weighted by Crippen LogP contribution is -2.48. The highest BCUT2D eigenvalue weighted by atomic mass is 127. The van der Waals surface area contributed by atoms with Gasteiger partial charge in [0, 0.05) is 46.0 Å². The average Bonchev–Trinajstić information content (AvgIpc) is 3.24. The summed E-state index contributed by atoms with van der Waals surface area (Å²) in [7, 11) is 1.78. The summed E-state index contributed by atoms with van der Waals surface area (Å²) in [4.78, 5) is 25.5.